The summed E-state index contributed by atoms with van der Waals surface area (Å²) in [6.07, 6.45) is 10.4. The molecule has 1 aliphatic rings. The molecule has 0 aliphatic heterocycles. The van der Waals surface area contributed by atoms with Crippen molar-refractivity contribution in [3.8, 4) is 11.5 Å². The molecule has 4 nitrogen and oxygen atoms in total. The summed E-state index contributed by atoms with van der Waals surface area (Å²) in [4.78, 5) is 23.5. The number of hydrogen-bond acceptors (Lipinski definition) is 4. The van der Waals surface area contributed by atoms with Gasteiger partial charge in [0.05, 0.1) is 5.92 Å². The summed E-state index contributed by atoms with van der Waals surface area (Å²) >= 11 is 0. The minimum atomic E-state index is -0.513. The van der Waals surface area contributed by atoms with Crippen LogP contribution >= 0.6 is 0 Å². The first-order valence-electron chi connectivity index (χ1n) is 9.28. The fourth-order valence-electron chi connectivity index (χ4n) is 3.30. The third-order valence-corrected chi connectivity index (χ3v) is 4.82. The normalized spacial score (nSPS) is 19.9. The van der Waals surface area contributed by atoms with Crippen molar-refractivity contribution in [1.82, 2.24) is 0 Å². The lowest BCUT2D eigenvalue weighted by Gasteiger charge is -2.27. The molecule has 1 aromatic rings. The van der Waals surface area contributed by atoms with E-state index in [-0.39, 0.29) is 11.9 Å². The molecular formula is C21H28O4. The monoisotopic (exact) mass is 344 g/mol. The molecule has 1 aliphatic carbocycles. The highest BCUT2D eigenvalue weighted by Gasteiger charge is 2.27. The van der Waals surface area contributed by atoms with Crippen LogP contribution in [-0.2, 0) is 9.59 Å². The molecular weight excluding hydrogens is 316 g/mol. The predicted octanol–water partition coefficient (Wildman–Crippen LogP) is 5.07. The van der Waals surface area contributed by atoms with E-state index in [2.05, 4.69) is 13.5 Å². The molecule has 1 aromatic carbocycles. The molecule has 25 heavy (non-hydrogen) atoms. The first kappa shape index (κ1) is 19.2. The Labute approximate surface area is 150 Å². The summed E-state index contributed by atoms with van der Waals surface area (Å²) in [5.74, 6) is 0.990. The molecule has 0 atom stereocenters. The van der Waals surface area contributed by atoms with Gasteiger partial charge in [0.25, 0.3) is 0 Å². The van der Waals surface area contributed by atoms with Gasteiger partial charge in [0.1, 0.15) is 11.5 Å². The summed E-state index contributed by atoms with van der Waals surface area (Å²) in [5, 5.41) is 0. The number of rotatable bonds is 8. The van der Waals surface area contributed by atoms with E-state index in [9.17, 15) is 9.59 Å². The summed E-state index contributed by atoms with van der Waals surface area (Å²) in [6.45, 7) is 5.57. The number of carbonyl (C=O) groups is 2. The van der Waals surface area contributed by atoms with E-state index in [0.717, 1.165) is 37.7 Å². The maximum Gasteiger partial charge on any atom is 0.335 e. The number of hydrogen-bond donors (Lipinski definition) is 0. The molecule has 0 spiro atoms. The second-order valence-electron chi connectivity index (χ2n) is 6.73. The first-order chi connectivity index (χ1) is 12.1. The van der Waals surface area contributed by atoms with Crippen molar-refractivity contribution in [2.45, 2.75) is 58.3 Å². The molecule has 1 fully saturated rings. The Morgan fingerprint density at radius 2 is 1.64 bits per heavy atom. The highest BCUT2D eigenvalue weighted by molar-refractivity contribution is 5.83. The largest absolute Gasteiger partial charge is 0.426 e. The maximum absolute atomic E-state index is 12.3. The van der Waals surface area contributed by atoms with Crippen LogP contribution in [0.25, 0.3) is 0 Å². The van der Waals surface area contributed by atoms with Gasteiger partial charge in [-0.1, -0.05) is 39.2 Å². The first-order valence-corrected chi connectivity index (χ1v) is 9.28. The molecule has 0 bridgehead atoms. The lowest BCUT2D eigenvalue weighted by molar-refractivity contribution is -0.140. The molecule has 0 radical (unpaired) electrons. The van der Waals surface area contributed by atoms with Gasteiger partial charge in [0.15, 0.2) is 0 Å². The number of benzene rings is 1. The fraction of sp³-hybridized carbons (Fsp3) is 0.524. The van der Waals surface area contributed by atoms with Crippen molar-refractivity contribution >= 4 is 11.9 Å². The molecule has 0 unspecified atom stereocenters. The molecule has 0 amide bonds. The Kier molecular flexibility index (Phi) is 7.71. The average molecular weight is 344 g/mol. The highest BCUT2D eigenvalue weighted by atomic mass is 16.5. The molecule has 0 heterocycles. The third kappa shape index (κ3) is 6.37. The van der Waals surface area contributed by atoms with Crippen LogP contribution in [0.3, 0.4) is 0 Å². The van der Waals surface area contributed by atoms with Gasteiger partial charge in [-0.25, -0.2) is 4.79 Å². The zero-order chi connectivity index (χ0) is 18.1. The average Bonchev–Trinajstić information content (AvgIpc) is 2.64. The quantitative estimate of drug-likeness (QED) is 0.286. The molecule has 1 saturated carbocycles. The van der Waals surface area contributed by atoms with Crippen molar-refractivity contribution in [3.05, 3.63) is 36.9 Å². The van der Waals surface area contributed by atoms with Gasteiger partial charge in [-0.3, -0.25) is 4.79 Å². The van der Waals surface area contributed by atoms with E-state index < -0.39 is 5.97 Å². The Bertz CT molecular complexity index is 568. The van der Waals surface area contributed by atoms with Crippen LogP contribution in [-0.4, -0.2) is 11.9 Å². The van der Waals surface area contributed by atoms with E-state index in [4.69, 9.17) is 9.47 Å². The minimum Gasteiger partial charge on any atom is -0.426 e. The zero-order valence-corrected chi connectivity index (χ0v) is 15.0. The van der Waals surface area contributed by atoms with Crippen LogP contribution in [0, 0.1) is 11.8 Å². The molecule has 4 heteroatoms. The predicted molar refractivity (Wildman–Crippen MR) is 97.5 cm³/mol. The van der Waals surface area contributed by atoms with Crippen molar-refractivity contribution < 1.29 is 19.1 Å². The Morgan fingerprint density at radius 1 is 1.04 bits per heavy atom. The van der Waals surface area contributed by atoms with E-state index in [1.54, 1.807) is 24.3 Å². The van der Waals surface area contributed by atoms with Crippen LogP contribution in [0.5, 0.6) is 11.5 Å². The number of ether oxygens (including phenoxy) is 2. The van der Waals surface area contributed by atoms with E-state index in [1.165, 1.54) is 25.7 Å². The maximum atomic E-state index is 12.3. The topological polar surface area (TPSA) is 52.6 Å². The van der Waals surface area contributed by atoms with Crippen LogP contribution < -0.4 is 9.47 Å². The second-order valence-corrected chi connectivity index (χ2v) is 6.73. The fourth-order valence-corrected chi connectivity index (χ4v) is 3.30. The Morgan fingerprint density at radius 3 is 2.20 bits per heavy atom. The van der Waals surface area contributed by atoms with E-state index >= 15 is 0 Å². The zero-order valence-electron chi connectivity index (χ0n) is 15.0. The third-order valence-electron chi connectivity index (χ3n) is 4.82. The van der Waals surface area contributed by atoms with Crippen molar-refractivity contribution in [2.75, 3.05) is 0 Å². The van der Waals surface area contributed by atoms with Crippen LogP contribution in [0.15, 0.2) is 36.9 Å². The van der Waals surface area contributed by atoms with Gasteiger partial charge >= 0.3 is 11.9 Å². The Hall–Kier alpha value is -2.10. The van der Waals surface area contributed by atoms with Crippen LogP contribution in [0.1, 0.15) is 58.3 Å². The van der Waals surface area contributed by atoms with E-state index in [0.29, 0.717) is 11.5 Å². The van der Waals surface area contributed by atoms with Crippen molar-refractivity contribution in [2.24, 2.45) is 11.8 Å². The molecule has 0 aromatic heterocycles. The van der Waals surface area contributed by atoms with Crippen LogP contribution in [0.4, 0.5) is 0 Å². The lowest BCUT2D eigenvalue weighted by Crippen LogP contribution is -2.25. The SMILES string of the molecule is C=CC(=O)Oc1ccc(OC(=O)C2CCC(CCCCC)CC2)cc1. The van der Waals surface area contributed by atoms with Crippen molar-refractivity contribution in [3.63, 3.8) is 0 Å². The Balaban J connectivity index is 1.76. The summed E-state index contributed by atoms with van der Waals surface area (Å²) in [5.41, 5.74) is 0. The van der Waals surface area contributed by atoms with E-state index in [1.807, 2.05) is 0 Å². The smallest absolute Gasteiger partial charge is 0.335 e. The number of unbranched alkanes of at least 4 members (excludes halogenated alkanes) is 2. The molecule has 2 rings (SSSR count). The van der Waals surface area contributed by atoms with Gasteiger partial charge in [-0.2, -0.15) is 0 Å². The molecule has 136 valence electrons. The minimum absolute atomic E-state index is 0.000644. The van der Waals surface area contributed by atoms with Gasteiger partial charge in [0, 0.05) is 6.08 Å². The van der Waals surface area contributed by atoms with Crippen molar-refractivity contribution in [1.29, 1.82) is 0 Å². The summed E-state index contributed by atoms with van der Waals surface area (Å²) < 4.78 is 10.5. The van der Waals surface area contributed by atoms with Gasteiger partial charge in [-0.15, -0.1) is 0 Å². The lowest BCUT2D eigenvalue weighted by atomic mass is 9.80. The number of carbonyl (C=O) groups excluding carboxylic acids is 2. The summed E-state index contributed by atoms with van der Waals surface area (Å²) in [6, 6.07) is 6.49. The van der Waals surface area contributed by atoms with Crippen LogP contribution in [0.2, 0.25) is 0 Å². The highest BCUT2D eigenvalue weighted by Crippen LogP contribution is 2.33. The van der Waals surface area contributed by atoms with Gasteiger partial charge in [0.2, 0.25) is 0 Å². The molecule has 0 saturated heterocycles. The standard InChI is InChI=1S/C21H28O4/c1-3-5-6-7-16-8-10-17(11-9-16)21(23)25-19-14-12-18(13-15-19)24-20(22)4-2/h4,12-17H,2-3,5-11H2,1H3. The number of esters is 2. The van der Waals surface area contributed by atoms with Gasteiger partial charge in [-0.05, 0) is 55.9 Å². The summed E-state index contributed by atoms with van der Waals surface area (Å²) in [7, 11) is 0. The molecule has 0 N–H and O–H groups in total. The van der Waals surface area contributed by atoms with Gasteiger partial charge < -0.3 is 9.47 Å². The second kappa shape index (κ2) is 10.0.